The second-order valence-corrected chi connectivity index (χ2v) is 9.63. The number of alkyl halides is 3. The first-order valence-corrected chi connectivity index (χ1v) is 12.6. The third-order valence-corrected chi connectivity index (χ3v) is 7.07. The number of hydrogen-bond donors (Lipinski definition) is 2. The van der Waals surface area contributed by atoms with Gasteiger partial charge in [0.05, 0.1) is 29.4 Å². The molecule has 0 atom stereocenters. The number of hydrogen-bond acceptors (Lipinski definition) is 10. The van der Waals surface area contributed by atoms with Gasteiger partial charge in [0.2, 0.25) is 10.1 Å². The number of carbonyl (C=O) groups excluding carboxylic acids is 1. The summed E-state index contributed by atoms with van der Waals surface area (Å²) in [6.45, 7) is 1.09. The van der Waals surface area contributed by atoms with Gasteiger partial charge in [0, 0.05) is 49.7 Å². The number of nitrogens with one attached hydrogen (secondary N) is 2. The maximum absolute atomic E-state index is 13.4. The van der Waals surface area contributed by atoms with Crippen LogP contribution in [0.25, 0.3) is 0 Å². The molecule has 1 aliphatic rings. The molecule has 0 aliphatic carbocycles. The molecule has 5 rings (SSSR count). The molecule has 4 heterocycles. The molecule has 0 radical (unpaired) electrons. The first-order valence-electron chi connectivity index (χ1n) is 11.8. The summed E-state index contributed by atoms with van der Waals surface area (Å²) < 4.78 is 42.0. The van der Waals surface area contributed by atoms with Crippen molar-refractivity contribution in [3.63, 3.8) is 0 Å². The van der Waals surface area contributed by atoms with Crippen LogP contribution in [-0.2, 0) is 32.6 Å². The van der Waals surface area contributed by atoms with Gasteiger partial charge in [-0.2, -0.15) is 23.5 Å². The van der Waals surface area contributed by atoms with E-state index in [0.717, 1.165) is 28.7 Å². The lowest BCUT2D eigenvalue weighted by molar-refractivity contribution is -0.137. The molecule has 2 N–H and O–H groups in total. The molecule has 0 saturated carbocycles. The monoisotopic (exact) mass is 554 g/mol. The zero-order valence-electron chi connectivity index (χ0n) is 20.5. The van der Waals surface area contributed by atoms with Crippen molar-refractivity contribution < 1.29 is 18.0 Å². The van der Waals surface area contributed by atoms with E-state index in [-0.39, 0.29) is 17.5 Å². The lowest BCUT2D eigenvalue weighted by atomic mass is 10.0. The largest absolute Gasteiger partial charge is 0.417 e. The molecule has 4 aromatic rings. The first kappa shape index (κ1) is 26.0. The highest BCUT2D eigenvalue weighted by molar-refractivity contribution is 7.17. The van der Waals surface area contributed by atoms with Gasteiger partial charge in [-0.05, 0) is 30.7 Å². The van der Waals surface area contributed by atoms with Crippen LogP contribution in [0.5, 0.6) is 0 Å². The number of aryl methyl sites for hydroxylation is 1. The third kappa shape index (κ3) is 5.65. The molecule has 39 heavy (non-hydrogen) atoms. The Hall–Kier alpha value is -4.58. The van der Waals surface area contributed by atoms with Gasteiger partial charge in [0.1, 0.15) is 12.1 Å². The van der Waals surface area contributed by atoms with Crippen molar-refractivity contribution in [1.29, 1.82) is 5.26 Å². The summed E-state index contributed by atoms with van der Waals surface area (Å²) in [7, 11) is 1.83. The lowest BCUT2D eigenvalue weighted by Crippen LogP contribution is -2.32. The van der Waals surface area contributed by atoms with Gasteiger partial charge in [-0.25, -0.2) is 9.97 Å². The summed E-state index contributed by atoms with van der Waals surface area (Å²) in [5, 5.41) is 27.6. The Morgan fingerprint density at radius 1 is 1.23 bits per heavy atom. The Bertz CT molecular complexity index is 1560. The van der Waals surface area contributed by atoms with Crippen LogP contribution in [0.3, 0.4) is 0 Å². The maximum Gasteiger partial charge on any atom is 0.417 e. The van der Waals surface area contributed by atoms with Crippen LogP contribution in [0.2, 0.25) is 0 Å². The number of fused-ring (bicyclic) bond motifs is 1. The van der Waals surface area contributed by atoms with E-state index < -0.39 is 17.3 Å². The van der Waals surface area contributed by atoms with E-state index in [1.54, 1.807) is 21.8 Å². The van der Waals surface area contributed by atoms with E-state index in [9.17, 15) is 18.0 Å². The number of carbonyl (C=O) groups is 1. The number of nitriles is 1. The Balaban J connectivity index is 1.25. The van der Waals surface area contributed by atoms with E-state index in [2.05, 4.69) is 35.9 Å². The minimum Gasteiger partial charge on any atom is -0.365 e. The van der Waals surface area contributed by atoms with E-state index in [1.165, 1.54) is 18.5 Å². The molecular formula is C24H21F3N10OS. The fourth-order valence-electron chi connectivity index (χ4n) is 4.24. The van der Waals surface area contributed by atoms with Crippen molar-refractivity contribution in [1.82, 2.24) is 35.3 Å². The molecular weight excluding hydrogens is 533 g/mol. The fraction of sp³-hybridized carbons (Fsp3) is 0.292. The van der Waals surface area contributed by atoms with Gasteiger partial charge in [-0.15, -0.1) is 10.2 Å². The number of amides is 1. The van der Waals surface area contributed by atoms with Gasteiger partial charge < -0.3 is 15.5 Å². The minimum atomic E-state index is -4.63. The zero-order valence-corrected chi connectivity index (χ0v) is 21.3. The maximum atomic E-state index is 13.4. The normalized spacial score (nSPS) is 13.1. The van der Waals surface area contributed by atoms with Crippen molar-refractivity contribution >= 4 is 33.9 Å². The average molecular weight is 555 g/mol. The first-order chi connectivity index (χ1) is 18.7. The van der Waals surface area contributed by atoms with Crippen molar-refractivity contribution in [2.75, 3.05) is 23.3 Å². The third-order valence-electron chi connectivity index (χ3n) is 6.23. The Labute approximate surface area is 224 Å². The Morgan fingerprint density at radius 2 is 2.08 bits per heavy atom. The molecule has 200 valence electrons. The number of halogens is 3. The van der Waals surface area contributed by atoms with Crippen molar-refractivity contribution in [2.45, 2.75) is 25.6 Å². The molecule has 1 aliphatic heterocycles. The van der Waals surface area contributed by atoms with Crippen molar-refractivity contribution in [3.05, 3.63) is 69.9 Å². The molecule has 11 nitrogen and oxygen atoms in total. The molecule has 1 amide bonds. The number of benzene rings is 1. The Morgan fingerprint density at radius 3 is 2.82 bits per heavy atom. The van der Waals surface area contributed by atoms with E-state index in [1.807, 2.05) is 13.1 Å². The van der Waals surface area contributed by atoms with Gasteiger partial charge in [-0.1, -0.05) is 11.3 Å². The van der Waals surface area contributed by atoms with Gasteiger partial charge in [0.25, 0.3) is 5.91 Å². The topological polar surface area (TPSA) is 138 Å². The summed E-state index contributed by atoms with van der Waals surface area (Å²) in [6, 6.07) is 7.16. The van der Waals surface area contributed by atoms with Gasteiger partial charge in [0.15, 0.2) is 0 Å². The summed E-state index contributed by atoms with van der Waals surface area (Å²) in [5.41, 5.74) is 1.40. The second-order valence-electron chi connectivity index (χ2n) is 8.65. The van der Waals surface area contributed by atoms with Crippen LogP contribution in [0, 0.1) is 11.3 Å². The fourth-order valence-corrected chi connectivity index (χ4v) is 4.90. The highest BCUT2D eigenvalue weighted by Gasteiger charge is 2.34. The molecule has 0 bridgehead atoms. The average Bonchev–Trinajstić information content (AvgIpc) is 3.56. The highest BCUT2D eigenvalue weighted by Crippen LogP contribution is 2.36. The molecule has 0 spiro atoms. The predicted octanol–water partition coefficient (Wildman–Crippen LogP) is 3.23. The summed E-state index contributed by atoms with van der Waals surface area (Å²) in [6.07, 6.45) is -0.501. The zero-order chi connectivity index (χ0) is 27.6. The quantitative estimate of drug-likeness (QED) is 0.353. The smallest absolute Gasteiger partial charge is 0.365 e. The molecule has 3 aromatic heterocycles. The van der Waals surface area contributed by atoms with Crippen molar-refractivity contribution in [3.8, 4) is 6.07 Å². The number of nitrogens with zero attached hydrogens (tertiary/aromatic N) is 8. The van der Waals surface area contributed by atoms with Gasteiger partial charge in [-0.3, -0.25) is 9.48 Å². The lowest BCUT2D eigenvalue weighted by Gasteiger charge is -2.31. The minimum absolute atomic E-state index is 0.192. The summed E-state index contributed by atoms with van der Waals surface area (Å²) >= 11 is 1.08. The second kappa shape index (κ2) is 10.7. The van der Waals surface area contributed by atoms with E-state index in [0.29, 0.717) is 48.3 Å². The van der Waals surface area contributed by atoms with E-state index >= 15 is 0 Å². The highest BCUT2D eigenvalue weighted by atomic mass is 32.1. The molecule has 0 saturated heterocycles. The van der Waals surface area contributed by atoms with Crippen LogP contribution in [0.15, 0.2) is 36.8 Å². The SMILES string of the molecule is Cn1nccc1CCNC(=O)c1nnc(Nc2ncnc3c2CCN(c2ccc(C#N)c(C(F)(F)F)c2)C3)s1. The van der Waals surface area contributed by atoms with Crippen LogP contribution < -0.4 is 15.5 Å². The van der Waals surface area contributed by atoms with Crippen LogP contribution >= 0.6 is 11.3 Å². The van der Waals surface area contributed by atoms with Crippen molar-refractivity contribution in [2.24, 2.45) is 7.05 Å². The van der Waals surface area contributed by atoms with Crippen LogP contribution in [0.1, 0.15) is 37.9 Å². The summed E-state index contributed by atoms with van der Waals surface area (Å²) in [5.74, 6) is 0.151. The van der Waals surface area contributed by atoms with Crippen LogP contribution in [-0.4, -0.2) is 48.9 Å². The standard InChI is InChI=1S/C24H21F3N10OS/c1-36-15(5-8-32-36)4-7-29-21(38)22-34-35-23(39-22)33-20-17-6-9-37(12-19(17)30-13-31-20)16-3-2-14(11-28)18(10-16)24(25,26)27/h2-3,5,8,10,13H,4,6-7,9,12H2,1H3,(H,29,38)(H,30,31,33,35). The molecule has 0 fully saturated rings. The predicted molar refractivity (Wildman–Crippen MR) is 135 cm³/mol. The molecule has 15 heteroatoms. The number of rotatable bonds is 7. The number of aromatic nitrogens is 6. The Kier molecular flexibility index (Phi) is 7.11. The van der Waals surface area contributed by atoms with Gasteiger partial charge >= 0.3 is 6.18 Å². The van der Waals surface area contributed by atoms with Crippen LogP contribution in [0.4, 0.5) is 29.8 Å². The molecule has 1 aromatic carbocycles. The number of anilines is 3. The molecule has 0 unspecified atom stereocenters. The summed E-state index contributed by atoms with van der Waals surface area (Å²) in [4.78, 5) is 22.9. The van der Waals surface area contributed by atoms with E-state index in [4.69, 9.17) is 5.26 Å².